The lowest BCUT2D eigenvalue weighted by atomic mass is 10.1. The number of nitrogens with zero attached hydrogens (tertiary/aromatic N) is 1. The number of rotatable bonds is 4. The molecule has 0 N–H and O–H groups in total. The first-order valence-electron chi connectivity index (χ1n) is 5.11. The zero-order valence-corrected chi connectivity index (χ0v) is 9.53. The first-order chi connectivity index (χ1) is 7.13. The number of allylic oxidation sites excluding steroid dienone is 1. The van der Waals surface area contributed by atoms with Crippen LogP contribution in [0.15, 0.2) is 30.3 Å². The van der Waals surface area contributed by atoms with Crippen molar-refractivity contribution in [3.8, 4) is 0 Å². The highest BCUT2D eigenvalue weighted by Crippen LogP contribution is 2.13. The minimum absolute atomic E-state index is 0.159. The molecule has 0 saturated heterocycles. The van der Waals surface area contributed by atoms with Gasteiger partial charge in [0.05, 0.1) is 0 Å². The fourth-order valence-corrected chi connectivity index (χ4v) is 1.19. The summed E-state index contributed by atoms with van der Waals surface area (Å²) in [7, 11) is 4.01. The lowest BCUT2D eigenvalue weighted by molar-refractivity contribution is -0.114. The predicted molar refractivity (Wildman–Crippen MR) is 65.1 cm³/mol. The fourth-order valence-electron chi connectivity index (χ4n) is 1.19. The highest BCUT2D eigenvalue weighted by Gasteiger charge is 1.94. The lowest BCUT2D eigenvalue weighted by Gasteiger charge is -2.11. The number of anilines is 1. The average Bonchev–Trinajstić information content (AvgIpc) is 2.26. The Balaban J connectivity index is 2.72. The Morgan fingerprint density at radius 1 is 1.27 bits per heavy atom. The van der Waals surface area contributed by atoms with Gasteiger partial charge in [-0.05, 0) is 23.8 Å². The van der Waals surface area contributed by atoms with Crippen molar-refractivity contribution in [2.45, 2.75) is 13.3 Å². The van der Waals surface area contributed by atoms with Gasteiger partial charge in [-0.15, -0.1) is 0 Å². The van der Waals surface area contributed by atoms with E-state index in [2.05, 4.69) is 0 Å². The van der Waals surface area contributed by atoms with E-state index in [1.165, 1.54) is 0 Å². The molecule has 1 rings (SSSR count). The molecule has 1 aromatic carbocycles. The van der Waals surface area contributed by atoms with Gasteiger partial charge in [-0.3, -0.25) is 4.79 Å². The summed E-state index contributed by atoms with van der Waals surface area (Å²) in [5, 5.41) is 0. The summed E-state index contributed by atoms with van der Waals surface area (Å²) in [6.45, 7) is 1.86. The molecule has 0 heterocycles. The summed E-state index contributed by atoms with van der Waals surface area (Å²) < 4.78 is 0. The normalized spacial score (nSPS) is 10.6. The van der Waals surface area contributed by atoms with Crippen LogP contribution in [0.25, 0.3) is 6.08 Å². The minimum Gasteiger partial charge on any atom is -0.378 e. The van der Waals surface area contributed by atoms with Crippen LogP contribution in [0, 0.1) is 0 Å². The maximum absolute atomic E-state index is 11.1. The van der Waals surface area contributed by atoms with Crippen LogP contribution in [0.1, 0.15) is 18.9 Å². The van der Waals surface area contributed by atoms with Gasteiger partial charge in [0.15, 0.2) is 5.78 Å². The minimum atomic E-state index is 0.159. The van der Waals surface area contributed by atoms with Gasteiger partial charge in [0.2, 0.25) is 0 Å². The van der Waals surface area contributed by atoms with Crippen LogP contribution in [0.4, 0.5) is 5.69 Å². The maximum Gasteiger partial charge on any atom is 0.155 e. The molecule has 15 heavy (non-hydrogen) atoms. The Labute approximate surface area is 91.2 Å². The Kier molecular flexibility index (Phi) is 4.10. The van der Waals surface area contributed by atoms with Gasteiger partial charge >= 0.3 is 0 Å². The maximum atomic E-state index is 11.1. The molecule has 0 saturated carbocycles. The first-order valence-corrected chi connectivity index (χ1v) is 5.11. The molecule has 0 aliphatic carbocycles. The van der Waals surface area contributed by atoms with Crippen LogP contribution in [-0.2, 0) is 4.79 Å². The summed E-state index contributed by atoms with van der Waals surface area (Å²) in [6, 6.07) is 8.09. The summed E-state index contributed by atoms with van der Waals surface area (Å²) in [4.78, 5) is 13.1. The molecule has 0 bridgehead atoms. The Bertz CT molecular complexity index is 349. The zero-order valence-electron chi connectivity index (χ0n) is 9.53. The van der Waals surface area contributed by atoms with Crippen molar-refractivity contribution >= 4 is 17.5 Å². The molecule has 2 heteroatoms. The third-order valence-corrected chi connectivity index (χ3v) is 2.22. The highest BCUT2D eigenvalue weighted by atomic mass is 16.1. The number of hydrogen-bond donors (Lipinski definition) is 0. The second kappa shape index (κ2) is 5.35. The topological polar surface area (TPSA) is 20.3 Å². The van der Waals surface area contributed by atoms with Crippen LogP contribution in [0.2, 0.25) is 0 Å². The zero-order chi connectivity index (χ0) is 11.3. The van der Waals surface area contributed by atoms with Crippen molar-refractivity contribution < 1.29 is 4.79 Å². The fraction of sp³-hybridized carbons (Fsp3) is 0.308. The second-order valence-electron chi connectivity index (χ2n) is 3.64. The summed E-state index contributed by atoms with van der Waals surface area (Å²) in [5.41, 5.74) is 2.22. The Hall–Kier alpha value is -1.57. The number of hydrogen-bond acceptors (Lipinski definition) is 2. The van der Waals surface area contributed by atoms with E-state index in [1.54, 1.807) is 6.08 Å². The van der Waals surface area contributed by atoms with Crippen molar-refractivity contribution in [3.05, 3.63) is 35.9 Å². The van der Waals surface area contributed by atoms with Gasteiger partial charge in [-0.1, -0.05) is 25.1 Å². The van der Waals surface area contributed by atoms with Gasteiger partial charge in [0.1, 0.15) is 0 Å². The molecule has 80 valence electrons. The highest BCUT2D eigenvalue weighted by molar-refractivity contribution is 5.93. The summed E-state index contributed by atoms with van der Waals surface area (Å²) in [5.74, 6) is 0.159. The van der Waals surface area contributed by atoms with E-state index in [4.69, 9.17) is 0 Å². The third-order valence-electron chi connectivity index (χ3n) is 2.22. The molecular weight excluding hydrogens is 186 g/mol. The molecular formula is C13H17NO. The predicted octanol–water partition coefficient (Wildman–Crippen LogP) is 2.74. The van der Waals surface area contributed by atoms with Crippen molar-refractivity contribution in [2.75, 3.05) is 19.0 Å². The van der Waals surface area contributed by atoms with Gasteiger partial charge in [0, 0.05) is 26.2 Å². The van der Waals surface area contributed by atoms with Gasteiger partial charge < -0.3 is 4.90 Å². The van der Waals surface area contributed by atoms with E-state index >= 15 is 0 Å². The van der Waals surface area contributed by atoms with Gasteiger partial charge in [-0.2, -0.15) is 0 Å². The quantitative estimate of drug-likeness (QED) is 0.701. The molecule has 2 nitrogen and oxygen atoms in total. The molecule has 0 aliphatic heterocycles. The molecule has 1 aromatic rings. The molecule has 0 atom stereocenters. The lowest BCUT2D eigenvalue weighted by Crippen LogP contribution is -2.07. The molecule has 0 fully saturated rings. The Morgan fingerprint density at radius 2 is 1.87 bits per heavy atom. The van der Waals surface area contributed by atoms with Crippen LogP contribution in [0.3, 0.4) is 0 Å². The molecule has 0 amide bonds. The smallest absolute Gasteiger partial charge is 0.155 e. The largest absolute Gasteiger partial charge is 0.378 e. The van der Waals surface area contributed by atoms with Crippen molar-refractivity contribution in [2.24, 2.45) is 0 Å². The third kappa shape index (κ3) is 3.58. The number of carbonyl (C=O) groups excluding carboxylic acids is 1. The molecule has 0 aromatic heterocycles. The second-order valence-corrected chi connectivity index (χ2v) is 3.64. The van der Waals surface area contributed by atoms with Gasteiger partial charge in [0.25, 0.3) is 0 Å². The van der Waals surface area contributed by atoms with Crippen LogP contribution in [-0.4, -0.2) is 19.9 Å². The standard InChI is InChI=1S/C13H17NO/c1-4-13(15)10-7-11-5-8-12(9-6-11)14(2)3/h5-10H,4H2,1-3H3. The van der Waals surface area contributed by atoms with E-state index in [0.717, 1.165) is 11.3 Å². The van der Waals surface area contributed by atoms with Crippen LogP contribution < -0.4 is 4.90 Å². The molecule has 0 unspecified atom stereocenters. The van der Waals surface area contributed by atoms with Gasteiger partial charge in [-0.25, -0.2) is 0 Å². The van der Waals surface area contributed by atoms with Crippen molar-refractivity contribution in [1.29, 1.82) is 0 Å². The molecule has 0 spiro atoms. The summed E-state index contributed by atoms with van der Waals surface area (Å²) in [6.07, 6.45) is 4.04. The average molecular weight is 203 g/mol. The Morgan fingerprint density at radius 3 is 2.33 bits per heavy atom. The number of benzene rings is 1. The van der Waals surface area contributed by atoms with Crippen molar-refractivity contribution in [3.63, 3.8) is 0 Å². The number of carbonyl (C=O) groups is 1. The van der Waals surface area contributed by atoms with E-state index in [-0.39, 0.29) is 5.78 Å². The summed E-state index contributed by atoms with van der Waals surface area (Å²) >= 11 is 0. The first kappa shape index (κ1) is 11.5. The number of ketones is 1. The van der Waals surface area contributed by atoms with E-state index in [0.29, 0.717) is 6.42 Å². The monoisotopic (exact) mass is 203 g/mol. The molecule has 0 radical (unpaired) electrons. The van der Waals surface area contributed by atoms with E-state index in [9.17, 15) is 4.79 Å². The van der Waals surface area contributed by atoms with E-state index in [1.807, 2.05) is 56.3 Å². The van der Waals surface area contributed by atoms with E-state index < -0.39 is 0 Å². The molecule has 0 aliphatic rings. The van der Waals surface area contributed by atoms with Crippen LogP contribution >= 0.6 is 0 Å². The van der Waals surface area contributed by atoms with Crippen molar-refractivity contribution in [1.82, 2.24) is 0 Å². The SMILES string of the molecule is CCC(=O)C=Cc1ccc(N(C)C)cc1. The van der Waals surface area contributed by atoms with Crippen LogP contribution in [0.5, 0.6) is 0 Å².